The molecule has 0 aliphatic rings. The Labute approximate surface area is 116 Å². The maximum atomic E-state index is 10.9. The molecule has 0 radical (unpaired) electrons. The predicted molar refractivity (Wildman–Crippen MR) is 78.7 cm³/mol. The van der Waals surface area contributed by atoms with Crippen LogP contribution in [0.4, 0.5) is 0 Å². The van der Waals surface area contributed by atoms with Crippen molar-refractivity contribution in [3.8, 4) is 5.75 Å². The Morgan fingerprint density at radius 1 is 1.21 bits per heavy atom. The van der Waals surface area contributed by atoms with Crippen molar-refractivity contribution in [2.45, 2.75) is 33.1 Å². The first kappa shape index (κ1) is 15.7. The summed E-state index contributed by atoms with van der Waals surface area (Å²) in [6.07, 6.45) is 2.67. The number of nitrogens with zero attached hydrogens (tertiary/aromatic N) is 1. The molecule has 0 spiro atoms. The quantitative estimate of drug-likeness (QED) is 0.686. The lowest BCUT2D eigenvalue weighted by Gasteiger charge is -2.16. The van der Waals surface area contributed by atoms with E-state index < -0.39 is 0 Å². The Morgan fingerprint density at radius 2 is 1.89 bits per heavy atom. The summed E-state index contributed by atoms with van der Waals surface area (Å²) in [5, 5.41) is 0. The van der Waals surface area contributed by atoms with Gasteiger partial charge in [-0.1, -0.05) is 12.1 Å². The zero-order chi connectivity index (χ0) is 14.1. The summed E-state index contributed by atoms with van der Waals surface area (Å²) in [5.41, 5.74) is 1.32. The Morgan fingerprint density at radius 3 is 2.47 bits per heavy atom. The van der Waals surface area contributed by atoms with E-state index in [0.717, 1.165) is 31.7 Å². The minimum Gasteiger partial charge on any atom is -0.494 e. The van der Waals surface area contributed by atoms with E-state index in [9.17, 15) is 4.79 Å². The molecule has 1 aromatic carbocycles. The van der Waals surface area contributed by atoms with Gasteiger partial charge in [-0.2, -0.15) is 0 Å². The maximum absolute atomic E-state index is 10.9. The highest BCUT2D eigenvalue weighted by atomic mass is 16.5. The van der Waals surface area contributed by atoms with E-state index in [-0.39, 0.29) is 5.78 Å². The van der Waals surface area contributed by atoms with Crippen molar-refractivity contribution in [2.75, 3.05) is 26.7 Å². The lowest BCUT2D eigenvalue weighted by Crippen LogP contribution is -2.22. The van der Waals surface area contributed by atoms with Gasteiger partial charge in [0.1, 0.15) is 11.5 Å². The molecule has 0 saturated heterocycles. The smallest absolute Gasteiger partial charge is 0.129 e. The molecule has 0 aromatic heterocycles. The summed E-state index contributed by atoms with van der Waals surface area (Å²) in [6.45, 7) is 6.35. The molecule has 0 atom stereocenters. The third-order valence-electron chi connectivity index (χ3n) is 3.09. The van der Waals surface area contributed by atoms with Crippen LogP contribution in [0.2, 0.25) is 0 Å². The van der Waals surface area contributed by atoms with Crippen molar-refractivity contribution in [1.29, 1.82) is 0 Å². The number of hydrogen-bond donors (Lipinski definition) is 0. The van der Waals surface area contributed by atoms with Crippen molar-refractivity contribution in [3.63, 3.8) is 0 Å². The third kappa shape index (κ3) is 6.97. The number of carbonyl (C=O) groups is 1. The van der Waals surface area contributed by atoms with Crippen LogP contribution < -0.4 is 4.74 Å². The first-order chi connectivity index (χ1) is 9.11. The monoisotopic (exact) mass is 263 g/mol. The number of ether oxygens (including phenoxy) is 1. The number of ketones is 1. The van der Waals surface area contributed by atoms with E-state index in [1.807, 2.05) is 19.1 Å². The number of benzene rings is 1. The standard InChI is InChI=1S/C16H25NO2/c1-4-19-16-9-7-15(8-10-16)11-13-17(3)12-5-6-14(2)18/h7-10H,4-6,11-13H2,1-3H3. The molecule has 106 valence electrons. The molecular weight excluding hydrogens is 238 g/mol. The highest BCUT2D eigenvalue weighted by Crippen LogP contribution is 2.12. The van der Waals surface area contributed by atoms with Crippen LogP contribution in [0.25, 0.3) is 0 Å². The van der Waals surface area contributed by atoms with Gasteiger partial charge in [-0.25, -0.2) is 0 Å². The number of hydrogen-bond acceptors (Lipinski definition) is 3. The van der Waals surface area contributed by atoms with Crippen LogP contribution in [0, 0.1) is 0 Å². The lowest BCUT2D eigenvalue weighted by atomic mass is 10.1. The van der Waals surface area contributed by atoms with Crippen molar-refractivity contribution >= 4 is 5.78 Å². The molecule has 0 unspecified atom stereocenters. The van der Waals surface area contributed by atoms with Gasteiger partial charge < -0.3 is 14.4 Å². The molecule has 1 rings (SSSR count). The molecule has 0 amide bonds. The summed E-state index contributed by atoms with van der Waals surface area (Å²) < 4.78 is 5.42. The summed E-state index contributed by atoms with van der Waals surface area (Å²) >= 11 is 0. The van der Waals surface area contributed by atoms with Crippen LogP contribution in [0.1, 0.15) is 32.3 Å². The molecule has 0 heterocycles. The average Bonchev–Trinajstić information content (AvgIpc) is 2.38. The fraction of sp³-hybridized carbons (Fsp3) is 0.562. The summed E-state index contributed by atoms with van der Waals surface area (Å²) in [4.78, 5) is 13.1. The second-order valence-electron chi connectivity index (χ2n) is 4.94. The van der Waals surface area contributed by atoms with Gasteiger partial charge in [0.05, 0.1) is 6.61 Å². The first-order valence-electron chi connectivity index (χ1n) is 7.01. The molecule has 3 nitrogen and oxygen atoms in total. The van der Waals surface area contributed by atoms with Crippen LogP contribution in [0.5, 0.6) is 5.75 Å². The molecule has 0 aliphatic carbocycles. The fourth-order valence-corrected chi connectivity index (χ4v) is 1.95. The van der Waals surface area contributed by atoms with Gasteiger partial charge in [0.15, 0.2) is 0 Å². The van der Waals surface area contributed by atoms with Crippen LogP contribution in [-0.2, 0) is 11.2 Å². The lowest BCUT2D eigenvalue weighted by molar-refractivity contribution is -0.117. The topological polar surface area (TPSA) is 29.5 Å². The van der Waals surface area contributed by atoms with Crippen molar-refractivity contribution in [1.82, 2.24) is 4.90 Å². The van der Waals surface area contributed by atoms with Crippen molar-refractivity contribution < 1.29 is 9.53 Å². The minimum absolute atomic E-state index is 0.278. The second kappa shape index (κ2) is 8.70. The van der Waals surface area contributed by atoms with E-state index in [1.165, 1.54) is 5.56 Å². The second-order valence-corrected chi connectivity index (χ2v) is 4.94. The van der Waals surface area contributed by atoms with Gasteiger partial charge in [0.2, 0.25) is 0 Å². The summed E-state index contributed by atoms with van der Waals surface area (Å²) in [6, 6.07) is 8.28. The van der Waals surface area contributed by atoms with Crippen LogP contribution >= 0.6 is 0 Å². The largest absolute Gasteiger partial charge is 0.494 e. The van der Waals surface area contributed by atoms with Gasteiger partial charge in [0.25, 0.3) is 0 Å². The predicted octanol–water partition coefficient (Wildman–Crippen LogP) is 2.93. The van der Waals surface area contributed by atoms with Crippen molar-refractivity contribution in [2.24, 2.45) is 0 Å². The van der Waals surface area contributed by atoms with Crippen LogP contribution in [0.3, 0.4) is 0 Å². The van der Waals surface area contributed by atoms with Gasteiger partial charge in [0, 0.05) is 13.0 Å². The summed E-state index contributed by atoms with van der Waals surface area (Å²) in [5.74, 6) is 1.21. The molecular formula is C16H25NO2. The van der Waals surface area contributed by atoms with Gasteiger partial charge >= 0.3 is 0 Å². The number of rotatable bonds is 9. The zero-order valence-electron chi connectivity index (χ0n) is 12.3. The highest BCUT2D eigenvalue weighted by molar-refractivity contribution is 5.75. The molecule has 19 heavy (non-hydrogen) atoms. The molecule has 1 aromatic rings. The molecule has 0 saturated carbocycles. The Hall–Kier alpha value is -1.35. The van der Waals surface area contributed by atoms with E-state index >= 15 is 0 Å². The first-order valence-corrected chi connectivity index (χ1v) is 7.01. The number of carbonyl (C=O) groups excluding carboxylic acids is 1. The van der Waals surface area contributed by atoms with Crippen LogP contribution in [0.15, 0.2) is 24.3 Å². The maximum Gasteiger partial charge on any atom is 0.129 e. The molecule has 3 heteroatoms. The summed E-state index contributed by atoms with van der Waals surface area (Å²) in [7, 11) is 2.11. The molecule has 0 N–H and O–H groups in total. The third-order valence-corrected chi connectivity index (χ3v) is 3.09. The van der Waals surface area contributed by atoms with E-state index in [1.54, 1.807) is 6.92 Å². The van der Waals surface area contributed by atoms with E-state index in [0.29, 0.717) is 13.0 Å². The van der Waals surface area contributed by atoms with E-state index in [4.69, 9.17) is 4.74 Å². The van der Waals surface area contributed by atoms with Gasteiger partial charge in [-0.3, -0.25) is 0 Å². The minimum atomic E-state index is 0.278. The van der Waals surface area contributed by atoms with Crippen molar-refractivity contribution in [3.05, 3.63) is 29.8 Å². The Bertz CT molecular complexity index is 373. The fourth-order valence-electron chi connectivity index (χ4n) is 1.95. The molecule has 0 fully saturated rings. The van der Waals surface area contributed by atoms with Crippen LogP contribution in [-0.4, -0.2) is 37.4 Å². The molecule has 0 bridgehead atoms. The zero-order valence-corrected chi connectivity index (χ0v) is 12.3. The number of Topliss-reactive ketones (excluding diaryl/α,β-unsaturated/α-hetero) is 1. The average molecular weight is 263 g/mol. The highest BCUT2D eigenvalue weighted by Gasteiger charge is 2.01. The SMILES string of the molecule is CCOc1ccc(CCN(C)CCCC(C)=O)cc1. The van der Waals surface area contributed by atoms with Gasteiger partial charge in [-0.05, 0) is 58.0 Å². The van der Waals surface area contributed by atoms with E-state index in [2.05, 4.69) is 24.1 Å². The molecule has 0 aliphatic heterocycles. The number of likely N-dealkylation sites (N-methyl/N-ethyl adjacent to an activating group) is 1. The Kier molecular flexibility index (Phi) is 7.19. The van der Waals surface area contributed by atoms with Gasteiger partial charge in [-0.15, -0.1) is 0 Å². The Balaban J connectivity index is 2.25. The normalized spacial score (nSPS) is 10.7.